The monoisotopic (exact) mass is 215 g/mol. The van der Waals surface area contributed by atoms with Crippen LogP contribution in [0.25, 0.3) is 0 Å². The Bertz CT molecular complexity index is 283. The first-order valence-corrected chi connectivity index (χ1v) is 5.78. The predicted octanol–water partition coefficient (Wildman–Crippen LogP) is 3.30. The SMILES string of the molecule is Cc1ccc(C(F)C(CN)C(C)C)s1. The van der Waals surface area contributed by atoms with Gasteiger partial charge in [-0.15, -0.1) is 11.3 Å². The van der Waals surface area contributed by atoms with Crippen LogP contribution in [-0.4, -0.2) is 6.54 Å². The van der Waals surface area contributed by atoms with Crippen LogP contribution < -0.4 is 5.73 Å². The Morgan fingerprint density at radius 2 is 2.07 bits per heavy atom. The number of aryl methyl sites for hydroxylation is 1. The summed E-state index contributed by atoms with van der Waals surface area (Å²) in [6.07, 6.45) is -0.904. The lowest BCUT2D eigenvalue weighted by Crippen LogP contribution is -2.24. The van der Waals surface area contributed by atoms with E-state index in [2.05, 4.69) is 0 Å². The molecule has 3 heteroatoms. The molecule has 0 saturated heterocycles. The summed E-state index contributed by atoms with van der Waals surface area (Å²) in [5.74, 6) is 0.227. The molecule has 1 rings (SSSR count). The molecule has 0 fully saturated rings. The Balaban J connectivity index is 2.77. The molecule has 1 heterocycles. The lowest BCUT2D eigenvalue weighted by molar-refractivity contribution is 0.192. The molecule has 0 radical (unpaired) electrons. The van der Waals surface area contributed by atoms with Gasteiger partial charge in [0.05, 0.1) is 0 Å². The minimum Gasteiger partial charge on any atom is -0.330 e. The number of hydrogen-bond donors (Lipinski definition) is 1. The molecule has 2 unspecified atom stereocenters. The Morgan fingerprint density at radius 1 is 1.43 bits per heavy atom. The maximum Gasteiger partial charge on any atom is 0.138 e. The Kier molecular flexibility index (Phi) is 4.08. The maximum atomic E-state index is 14.0. The normalized spacial score (nSPS) is 15.9. The van der Waals surface area contributed by atoms with Crippen LogP contribution >= 0.6 is 11.3 Å². The van der Waals surface area contributed by atoms with Gasteiger partial charge in [0.25, 0.3) is 0 Å². The first-order valence-electron chi connectivity index (χ1n) is 4.96. The lowest BCUT2D eigenvalue weighted by atomic mass is 9.90. The summed E-state index contributed by atoms with van der Waals surface area (Å²) < 4.78 is 14.0. The summed E-state index contributed by atoms with van der Waals surface area (Å²) >= 11 is 1.53. The van der Waals surface area contributed by atoms with Crippen LogP contribution in [0.4, 0.5) is 4.39 Å². The van der Waals surface area contributed by atoms with Gasteiger partial charge in [-0.25, -0.2) is 4.39 Å². The van der Waals surface area contributed by atoms with Crippen LogP contribution in [0.1, 0.15) is 29.8 Å². The fraction of sp³-hybridized carbons (Fsp3) is 0.636. The first-order chi connectivity index (χ1) is 6.56. The molecule has 80 valence electrons. The summed E-state index contributed by atoms with van der Waals surface area (Å²) in [5, 5.41) is 0. The third-order valence-corrected chi connectivity index (χ3v) is 3.59. The van der Waals surface area contributed by atoms with Crippen molar-refractivity contribution in [3.8, 4) is 0 Å². The summed E-state index contributed by atoms with van der Waals surface area (Å²) in [7, 11) is 0. The minimum atomic E-state index is -0.904. The highest BCUT2D eigenvalue weighted by Gasteiger charge is 2.25. The Labute approximate surface area is 89.1 Å². The second kappa shape index (κ2) is 4.89. The number of hydrogen-bond acceptors (Lipinski definition) is 2. The van der Waals surface area contributed by atoms with Crippen LogP contribution in [0.3, 0.4) is 0 Å². The predicted molar refractivity (Wildman–Crippen MR) is 60.3 cm³/mol. The van der Waals surface area contributed by atoms with E-state index >= 15 is 0 Å². The Hall–Kier alpha value is -0.410. The van der Waals surface area contributed by atoms with Crippen molar-refractivity contribution in [3.63, 3.8) is 0 Å². The summed E-state index contributed by atoms with van der Waals surface area (Å²) in [5.41, 5.74) is 5.58. The molecule has 1 aromatic rings. The van der Waals surface area contributed by atoms with Gasteiger partial charge in [-0.05, 0) is 31.5 Å². The molecule has 0 aliphatic heterocycles. The summed E-state index contributed by atoms with van der Waals surface area (Å²) in [6, 6.07) is 3.83. The largest absolute Gasteiger partial charge is 0.330 e. The standard InChI is InChI=1S/C11H18FNS/c1-7(2)9(6-13)11(12)10-5-4-8(3)14-10/h4-5,7,9,11H,6,13H2,1-3H3. The molecule has 0 saturated carbocycles. The number of rotatable bonds is 4. The smallest absolute Gasteiger partial charge is 0.138 e. The fourth-order valence-corrected chi connectivity index (χ4v) is 2.47. The zero-order chi connectivity index (χ0) is 10.7. The molecule has 14 heavy (non-hydrogen) atoms. The average Bonchev–Trinajstić information content (AvgIpc) is 2.52. The molecule has 0 bridgehead atoms. The van der Waals surface area contributed by atoms with Gasteiger partial charge in [0.15, 0.2) is 0 Å². The number of thiophene rings is 1. The zero-order valence-electron chi connectivity index (χ0n) is 8.96. The van der Waals surface area contributed by atoms with Gasteiger partial charge in [-0.2, -0.15) is 0 Å². The van der Waals surface area contributed by atoms with E-state index in [-0.39, 0.29) is 11.8 Å². The van der Waals surface area contributed by atoms with Gasteiger partial charge in [-0.3, -0.25) is 0 Å². The van der Waals surface area contributed by atoms with E-state index in [1.54, 1.807) is 0 Å². The molecule has 2 N–H and O–H groups in total. The van der Waals surface area contributed by atoms with E-state index in [4.69, 9.17) is 5.73 Å². The van der Waals surface area contributed by atoms with Gasteiger partial charge >= 0.3 is 0 Å². The van der Waals surface area contributed by atoms with E-state index in [0.29, 0.717) is 6.54 Å². The minimum absolute atomic E-state index is 0.0620. The highest BCUT2D eigenvalue weighted by atomic mass is 32.1. The summed E-state index contributed by atoms with van der Waals surface area (Å²) in [6.45, 7) is 6.44. The van der Waals surface area contributed by atoms with Crippen LogP contribution in [0.15, 0.2) is 12.1 Å². The molecular formula is C11H18FNS. The molecule has 2 atom stereocenters. The van der Waals surface area contributed by atoms with E-state index < -0.39 is 6.17 Å². The van der Waals surface area contributed by atoms with Crippen molar-refractivity contribution in [3.05, 3.63) is 21.9 Å². The van der Waals surface area contributed by atoms with Crippen LogP contribution in [0.2, 0.25) is 0 Å². The molecular weight excluding hydrogens is 197 g/mol. The quantitative estimate of drug-likeness (QED) is 0.819. The second-order valence-corrected chi connectivity index (χ2v) is 5.31. The highest BCUT2D eigenvalue weighted by Crippen LogP contribution is 2.34. The topological polar surface area (TPSA) is 26.0 Å². The van der Waals surface area contributed by atoms with E-state index in [1.807, 2.05) is 32.9 Å². The number of halogens is 1. The zero-order valence-corrected chi connectivity index (χ0v) is 9.77. The number of alkyl halides is 1. The molecule has 0 aliphatic carbocycles. The average molecular weight is 215 g/mol. The number of nitrogens with two attached hydrogens (primary N) is 1. The highest BCUT2D eigenvalue weighted by molar-refractivity contribution is 7.12. The van der Waals surface area contributed by atoms with Crippen molar-refractivity contribution in [1.29, 1.82) is 0 Å². The molecule has 1 nitrogen and oxygen atoms in total. The third-order valence-electron chi connectivity index (χ3n) is 2.54. The van der Waals surface area contributed by atoms with Crippen molar-refractivity contribution >= 4 is 11.3 Å². The van der Waals surface area contributed by atoms with E-state index in [0.717, 1.165) is 9.75 Å². The lowest BCUT2D eigenvalue weighted by Gasteiger charge is -2.22. The van der Waals surface area contributed by atoms with Gasteiger partial charge in [-0.1, -0.05) is 13.8 Å². The van der Waals surface area contributed by atoms with Crippen molar-refractivity contribution in [1.82, 2.24) is 0 Å². The van der Waals surface area contributed by atoms with Crippen LogP contribution in [0, 0.1) is 18.8 Å². The molecule has 0 aliphatic rings. The summed E-state index contributed by atoms with van der Waals surface area (Å²) in [4.78, 5) is 1.97. The first kappa shape index (κ1) is 11.7. The van der Waals surface area contributed by atoms with Gasteiger partial charge in [0, 0.05) is 15.7 Å². The molecule has 0 spiro atoms. The molecule has 1 aromatic heterocycles. The van der Waals surface area contributed by atoms with Gasteiger partial charge in [0.2, 0.25) is 0 Å². The van der Waals surface area contributed by atoms with Crippen LogP contribution in [-0.2, 0) is 0 Å². The Morgan fingerprint density at radius 3 is 2.43 bits per heavy atom. The van der Waals surface area contributed by atoms with Crippen molar-refractivity contribution in [2.75, 3.05) is 6.54 Å². The van der Waals surface area contributed by atoms with Crippen molar-refractivity contribution in [2.45, 2.75) is 26.9 Å². The van der Waals surface area contributed by atoms with Crippen molar-refractivity contribution in [2.24, 2.45) is 17.6 Å². The van der Waals surface area contributed by atoms with Crippen LogP contribution in [0.5, 0.6) is 0 Å². The van der Waals surface area contributed by atoms with Crippen molar-refractivity contribution < 1.29 is 4.39 Å². The fourth-order valence-electron chi connectivity index (χ4n) is 1.54. The maximum absolute atomic E-state index is 14.0. The molecule has 0 aromatic carbocycles. The molecule has 0 amide bonds. The van der Waals surface area contributed by atoms with Gasteiger partial charge in [0.1, 0.15) is 6.17 Å². The van der Waals surface area contributed by atoms with E-state index in [1.165, 1.54) is 11.3 Å². The van der Waals surface area contributed by atoms with E-state index in [9.17, 15) is 4.39 Å². The second-order valence-electron chi connectivity index (χ2n) is 3.99. The third kappa shape index (κ3) is 2.55. The van der Waals surface area contributed by atoms with Gasteiger partial charge < -0.3 is 5.73 Å².